The van der Waals surface area contributed by atoms with Crippen molar-refractivity contribution in [3.63, 3.8) is 0 Å². The number of aromatic hydroxyl groups is 1. The number of unbranched alkanes of at least 4 members (excludes halogenated alkanes) is 3. The summed E-state index contributed by atoms with van der Waals surface area (Å²) in [5, 5.41) is 31.5. The Balaban J connectivity index is 1.51. The molecule has 1 heterocycles. The van der Waals surface area contributed by atoms with Crippen LogP contribution in [0.1, 0.15) is 97.0 Å². The molecule has 2 aromatic carbocycles. The number of hydrogen-bond acceptors (Lipinski definition) is 9. The summed E-state index contributed by atoms with van der Waals surface area (Å²) < 4.78 is 57.0. The second kappa shape index (κ2) is 18.0. The topological polar surface area (TPSA) is 144 Å². The lowest BCUT2D eigenvalue weighted by Gasteiger charge is -2.22. The van der Waals surface area contributed by atoms with Crippen LogP contribution in [-0.2, 0) is 12.6 Å². The molecule has 1 aliphatic rings. The van der Waals surface area contributed by atoms with E-state index in [2.05, 4.69) is 0 Å². The number of benzene rings is 2. The maximum Gasteiger partial charge on any atom is 0.513 e. The van der Waals surface area contributed by atoms with E-state index in [9.17, 15) is 42.9 Å². The quantitative estimate of drug-likeness (QED) is 0.0445. The predicted molar refractivity (Wildman–Crippen MR) is 193 cm³/mol. The third-order valence-electron chi connectivity index (χ3n) is 8.34. The lowest BCUT2D eigenvalue weighted by molar-refractivity contribution is -0.137. The molecule has 13 heteroatoms. The lowest BCUT2D eigenvalue weighted by Crippen LogP contribution is -2.44. The van der Waals surface area contributed by atoms with Crippen LogP contribution in [0, 0.1) is 0 Å². The number of ketones is 1. The van der Waals surface area contributed by atoms with Crippen molar-refractivity contribution in [3.05, 3.63) is 109 Å². The third kappa shape index (κ3) is 10.1. The standard InChI is InChI=1S/C39H39F3O9S/c1-3-12-28-31(19-18-27(23(2)43)35(28)45)49-20-10-8-6-4-5-7-9-15-30(34(44)24-13-11-14-25(21-24)39(40,41)42)33-36(46)29-17-16-26(52)22-32(29)50-37(33)51-38(47)48/h5,7,9,11,13-15,17-19,21-22,30,34,44-45H,3-4,6,8,10,12,16,20H2,1-2H3,(H,47,48)/t30-,34-/m0/s1. The minimum atomic E-state index is -4.70. The number of phenolic OH excluding ortho intramolecular Hbond substituents is 1. The maximum absolute atomic E-state index is 13.8. The summed E-state index contributed by atoms with van der Waals surface area (Å²) in [6.07, 6.45) is 5.48. The van der Waals surface area contributed by atoms with E-state index < -0.39 is 41.3 Å². The molecule has 4 rings (SSSR count). The van der Waals surface area contributed by atoms with Gasteiger partial charge in [0.25, 0.3) is 0 Å². The number of carbonyl (C=O) groups excluding carboxylic acids is 1. The molecule has 0 aliphatic heterocycles. The molecule has 1 aromatic heterocycles. The van der Waals surface area contributed by atoms with Gasteiger partial charge < -0.3 is 29.2 Å². The minimum absolute atomic E-state index is 0.0340. The van der Waals surface area contributed by atoms with Gasteiger partial charge in [0, 0.05) is 22.8 Å². The van der Waals surface area contributed by atoms with E-state index in [4.69, 9.17) is 26.1 Å². The highest BCUT2D eigenvalue weighted by Crippen LogP contribution is 2.38. The largest absolute Gasteiger partial charge is 0.513 e. The number of Topliss-reactive ketones (excluding diaryl/α,β-unsaturated/α-hetero) is 1. The van der Waals surface area contributed by atoms with Crippen molar-refractivity contribution in [2.24, 2.45) is 0 Å². The Bertz CT molecular complexity index is 2050. The van der Waals surface area contributed by atoms with E-state index in [-0.39, 0.29) is 45.3 Å². The zero-order valence-corrected chi connectivity index (χ0v) is 29.4. The van der Waals surface area contributed by atoms with Crippen LogP contribution < -0.4 is 25.5 Å². The lowest BCUT2D eigenvalue weighted by atomic mass is 9.88. The summed E-state index contributed by atoms with van der Waals surface area (Å²) in [4.78, 5) is 37.6. The number of alkyl halides is 3. The van der Waals surface area contributed by atoms with Crippen molar-refractivity contribution < 1.29 is 52.0 Å². The van der Waals surface area contributed by atoms with Gasteiger partial charge in [0.15, 0.2) is 11.2 Å². The second-order valence-electron chi connectivity index (χ2n) is 12.1. The molecule has 276 valence electrons. The van der Waals surface area contributed by atoms with Crippen LogP contribution in [0.4, 0.5) is 18.0 Å². The summed E-state index contributed by atoms with van der Waals surface area (Å²) in [5.41, 5.74) is -1.47. The molecule has 0 saturated heterocycles. The average molecular weight is 741 g/mol. The van der Waals surface area contributed by atoms with Crippen molar-refractivity contribution in [3.8, 4) is 17.4 Å². The van der Waals surface area contributed by atoms with Crippen LogP contribution in [0.3, 0.4) is 0 Å². The Morgan fingerprint density at radius 2 is 1.88 bits per heavy atom. The van der Waals surface area contributed by atoms with Crippen LogP contribution in [-0.4, -0.2) is 38.7 Å². The molecule has 0 amide bonds. The molecule has 9 nitrogen and oxygen atoms in total. The Morgan fingerprint density at radius 3 is 2.58 bits per heavy atom. The van der Waals surface area contributed by atoms with Crippen molar-refractivity contribution >= 4 is 41.2 Å². The van der Waals surface area contributed by atoms with Gasteiger partial charge in [-0.25, -0.2) is 4.79 Å². The number of carboxylic acid groups (broad SMARTS) is 1. The van der Waals surface area contributed by atoms with Gasteiger partial charge in [-0.15, -0.1) is 0 Å². The third-order valence-corrected chi connectivity index (χ3v) is 8.63. The molecular weight excluding hydrogens is 701 g/mol. The Labute approximate surface area is 303 Å². The number of thiocarbonyl (C=S) groups is 1. The van der Waals surface area contributed by atoms with Crippen molar-refractivity contribution in [2.75, 3.05) is 6.61 Å². The molecule has 3 N–H and O–H groups in total. The summed E-state index contributed by atoms with van der Waals surface area (Å²) in [6, 6.07) is 7.25. The molecule has 52 heavy (non-hydrogen) atoms. The molecule has 0 spiro atoms. The number of aliphatic hydroxyl groups is 1. The van der Waals surface area contributed by atoms with Crippen LogP contribution in [0.25, 0.3) is 12.2 Å². The molecule has 2 atom stereocenters. The highest BCUT2D eigenvalue weighted by molar-refractivity contribution is 7.81. The fourth-order valence-electron chi connectivity index (χ4n) is 5.79. The van der Waals surface area contributed by atoms with Crippen LogP contribution in [0.15, 0.2) is 69.9 Å². The number of hydrogen-bond donors (Lipinski definition) is 3. The van der Waals surface area contributed by atoms with Crippen molar-refractivity contribution in [1.82, 2.24) is 0 Å². The van der Waals surface area contributed by atoms with Gasteiger partial charge in [0.05, 0.1) is 34.6 Å². The minimum Gasteiger partial charge on any atom is -0.507 e. The first-order valence-electron chi connectivity index (χ1n) is 16.7. The fraction of sp³-hybridized carbons (Fsp3) is 0.333. The van der Waals surface area contributed by atoms with Crippen LogP contribution >= 0.6 is 12.2 Å². The van der Waals surface area contributed by atoms with Gasteiger partial charge in [-0.1, -0.05) is 68.1 Å². The number of phenols is 1. The molecule has 0 saturated carbocycles. The first kappa shape index (κ1) is 39.8. The average Bonchev–Trinajstić information content (AvgIpc) is 3.08. The second-order valence-corrected chi connectivity index (χ2v) is 12.7. The molecule has 0 radical (unpaired) electrons. The van der Waals surface area contributed by atoms with E-state index >= 15 is 0 Å². The normalized spacial score (nSPS) is 14.1. The number of halogens is 3. The zero-order chi connectivity index (χ0) is 38.0. The summed E-state index contributed by atoms with van der Waals surface area (Å²) in [6.45, 7) is 3.77. The van der Waals surface area contributed by atoms with Gasteiger partial charge in [-0.05, 0) is 74.9 Å². The van der Waals surface area contributed by atoms with Crippen molar-refractivity contribution in [2.45, 2.75) is 77.0 Å². The van der Waals surface area contributed by atoms with Gasteiger partial charge in [0.2, 0.25) is 0 Å². The molecule has 0 fully saturated rings. The SMILES string of the molecule is CCCc1c(OCCCCCC=CC=C[C@@H](c2c(OC(=O)O)oc3c(c2=O)=CCC(=S)C=3)[C@@H](O)c2cccc(C(F)(F)F)c2)ccc(C(C)=O)c1O. The van der Waals surface area contributed by atoms with E-state index in [0.717, 1.165) is 43.9 Å². The first-order chi connectivity index (χ1) is 24.7. The highest BCUT2D eigenvalue weighted by Gasteiger charge is 2.34. The smallest absolute Gasteiger partial charge is 0.507 e. The van der Waals surface area contributed by atoms with Crippen molar-refractivity contribution in [1.29, 1.82) is 0 Å². The van der Waals surface area contributed by atoms with E-state index in [0.29, 0.717) is 35.6 Å². The number of aliphatic hydroxyl groups excluding tert-OH is 1. The van der Waals surface area contributed by atoms with E-state index in [1.165, 1.54) is 37.3 Å². The van der Waals surface area contributed by atoms with Gasteiger partial charge in [0.1, 0.15) is 16.9 Å². The summed E-state index contributed by atoms with van der Waals surface area (Å²) in [7, 11) is 0. The van der Waals surface area contributed by atoms with Crippen LogP contribution in [0.2, 0.25) is 0 Å². The first-order valence-corrected chi connectivity index (χ1v) is 17.1. The molecule has 3 aromatic rings. The monoisotopic (exact) mass is 740 g/mol. The number of allylic oxidation sites excluding steroid dienone is 3. The maximum atomic E-state index is 13.8. The van der Waals surface area contributed by atoms with Gasteiger partial charge >= 0.3 is 18.3 Å². The summed E-state index contributed by atoms with van der Waals surface area (Å²) >= 11 is 5.18. The fourth-order valence-corrected chi connectivity index (χ4v) is 5.98. The number of fused-ring (bicyclic) bond motifs is 1. The predicted octanol–water partition coefficient (Wildman–Crippen LogP) is 7.48. The Kier molecular flexibility index (Phi) is 13.7. The van der Waals surface area contributed by atoms with Crippen LogP contribution in [0.5, 0.6) is 17.4 Å². The number of rotatable bonds is 16. The number of ether oxygens (including phenoxy) is 2. The number of carbonyl (C=O) groups is 2. The molecule has 1 aliphatic carbocycles. The van der Waals surface area contributed by atoms with Gasteiger partial charge in [-0.2, -0.15) is 13.2 Å². The van der Waals surface area contributed by atoms with E-state index in [1.807, 2.05) is 13.0 Å². The molecule has 0 unspecified atom stereocenters. The molecular formula is C39H39F3O9S. The molecule has 0 bridgehead atoms. The Hall–Kier alpha value is -5.01. The highest BCUT2D eigenvalue weighted by atomic mass is 32.1. The zero-order valence-electron chi connectivity index (χ0n) is 28.6. The summed E-state index contributed by atoms with van der Waals surface area (Å²) in [5.74, 6) is -1.85. The Morgan fingerprint density at radius 1 is 1.12 bits per heavy atom. The van der Waals surface area contributed by atoms with E-state index in [1.54, 1.807) is 18.2 Å². The van der Waals surface area contributed by atoms with Gasteiger partial charge in [-0.3, -0.25) is 9.59 Å².